The number of carbonyl (C=O) groups is 1. The molecule has 1 heterocycles. The Kier molecular flexibility index (Phi) is 6.48. The number of halogens is 1. The Hall–Kier alpha value is -3.02. The van der Waals surface area contributed by atoms with E-state index in [0.29, 0.717) is 16.5 Å². The highest BCUT2D eigenvalue weighted by molar-refractivity contribution is 6.30. The van der Waals surface area contributed by atoms with Crippen molar-refractivity contribution in [2.75, 3.05) is 33.3 Å². The molecule has 2 aliphatic rings. The van der Waals surface area contributed by atoms with E-state index < -0.39 is 0 Å². The van der Waals surface area contributed by atoms with Crippen LogP contribution in [0.5, 0.6) is 17.2 Å². The Labute approximate surface area is 205 Å². The molecule has 3 aromatic rings. The third kappa shape index (κ3) is 4.77. The molecule has 1 saturated carbocycles. The number of methoxy groups -OCH3 is 1. The van der Waals surface area contributed by atoms with Gasteiger partial charge in [-0.05, 0) is 60.4 Å². The second-order valence-corrected chi connectivity index (χ2v) is 9.49. The molecular formula is C28H29ClN2O3. The van der Waals surface area contributed by atoms with E-state index in [9.17, 15) is 4.79 Å². The van der Waals surface area contributed by atoms with Crippen molar-refractivity contribution in [1.29, 1.82) is 0 Å². The second kappa shape index (κ2) is 9.69. The molecule has 1 amide bonds. The van der Waals surface area contributed by atoms with Crippen LogP contribution < -0.4 is 9.47 Å². The lowest BCUT2D eigenvalue weighted by atomic mass is 9.94. The zero-order chi connectivity index (χ0) is 23.5. The summed E-state index contributed by atoms with van der Waals surface area (Å²) in [6.45, 7) is 4.06. The zero-order valence-corrected chi connectivity index (χ0v) is 20.1. The number of nitrogens with zero attached hydrogens (tertiary/aromatic N) is 2. The van der Waals surface area contributed by atoms with Gasteiger partial charge in [0, 0.05) is 37.7 Å². The largest absolute Gasteiger partial charge is 0.493 e. The van der Waals surface area contributed by atoms with E-state index in [1.54, 1.807) is 7.11 Å². The van der Waals surface area contributed by atoms with Crippen LogP contribution in [0.4, 0.5) is 0 Å². The molecule has 0 spiro atoms. The fourth-order valence-corrected chi connectivity index (χ4v) is 4.85. The SMILES string of the molecule is COc1ccccc1Oc1cccc(CN2CCN(C(=O)C3(c4ccc(Cl)cc4)CC3)CC2)c1. The first kappa shape index (κ1) is 22.8. The number of hydrogen-bond donors (Lipinski definition) is 0. The van der Waals surface area contributed by atoms with Crippen molar-refractivity contribution in [2.45, 2.75) is 24.8 Å². The zero-order valence-electron chi connectivity index (χ0n) is 19.4. The molecule has 5 nitrogen and oxygen atoms in total. The number of ether oxygens (including phenoxy) is 2. The molecular weight excluding hydrogens is 448 g/mol. The van der Waals surface area contributed by atoms with Crippen LogP contribution in [0.15, 0.2) is 72.8 Å². The first-order valence-corrected chi connectivity index (χ1v) is 12.1. The third-order valence-corrected chi connectivity index (χ3v) is 7.07. The van der Waals surface area contributed by atoms with Gasteiger partial charge in [0.2, 0.25) is 5.91 Å². The number of amides is 1. The molecule has 0 aromatic heterocycles. The van der Waals surface area contributed by atoms with E-state index in [1.165, 1.54) is 5.56 Å². The van der Waals surface area contributed by atoms with Crippen molar-refractivity contribution in [1.82, 2.24) is 9.80 Å². The van der Waals surface area contributed by atoms with Crippen LogP contribution >= 0.6 is 11.6 Å². The van der Waals surface area contributed by atoms with Gasteiger partial charge in [-0.3, -0.25) is 9.69 Å². The Bertz CT molecular complexity index is 1150. The van der Waals surface area contributed by atoms with Gasteiger partial charge >= 0.3 is 0 Å². The number of piperazine rings is 1. The Morgan fingerprint density at radius 2 is 1.62 bits per heavy atom. The average Bonchev–Trinajstić information content (AvgIpc) is 3.67. The van der Waals surface area contributed by atoms with Crippen LogP contribution in [0.25, 0.3) is 0 Å². The van der Waals surface area contributed by atoms with E-state index in [0.717, 1.165) is 56.9 Å². The maximum Gasteiger partial charge on any atom is 0.233 e. The molecule has 1 aliphatic carbocycles. The van der Waals surface area contributed by atoms with E-state index in [2.05, 4.69) is 17.0 Å². The van der Waals surface area contributed by atoms with Gasteiger partial charge in [-0.2, -0.15) is 0 Å². The van der Waals surface area contributed by atoms with E-state index >= 15 is 0 Å². The summed E-state index contributed by atoms with van der Waals surface area (Å²) in [5, 5.41) is 0.706. The molecule has 1 aliphatic heterocycles. The van der Waals surface area contributed by atoms with Crippen molar-refractivity contribution in [3.05, 3.63) is 88.9 Å². The molecule has 2 fully saturated rings. The minimum Gasteiger partial charge on any atom is -0.493 e. The second-order valence-electron chi connectivity index (χ2n) is 9.06. The molecule has 0 radical (unpaired) electrons. The van der Waals surface area contributed by atoms with Crippen molar-refractivity contribution in [2.24, 2.45) is 0 Å². The van der Waals surface area contributed by atoms with Crippen LogP contribution in [0.3, 0.4) is 0 Å². The van der Waals surface area contributed by atoms with Gasteiger partial charge in [0.1, 0.15) is 5.75 Å². The first-order chi connectivity index (χ1) is 16.6. The molecule has 0 bridgehead atoms. The summed E-state index contributed by atoms with van der Waals surface area (Å²) in [5.74, 6) is 2.46. The molecule has 6 heteroatoms. The Balaban J connectivity index is 1.18. The lowest BCUT2D eigenvalue weighted by Gasteiger charge is -2.36. The van der Waals surface area contributed by atoms with E-state index in [-0.39, 0.29) is 11.3 Å². The number of benzene rings is 3. The predicted octanol–water partition coefficient (Wildman–Crippen LogP) is 5.52. The van der Waals surface area contributed by atoms with Gasteiger partial charge in [-0.25, -0.2) is 0 Å². The predicted molar refractivity (Wildman–Crippen MR) is 134 cm³/mol. The molecule has 0 N–H and O–H groups in total. The van der Waals surface area contributed by atoms with Crippen LogP contribution in [0, 0.1) is 0 Å². The lowest BCUT2D eigenvalue weighted by molar-refractivity contribution is -0.135. The summed E-state index contributed by atoms with van der Waals surface area (Å²) in [5.41, 5.74) is 1.94. The highest BCUT2D eigenvalue weighted by Gasteiger charge is 2.53. The summed E-state index contributed by atoms with van der Waals surface area (Å²) in [4.78, 5) is 17.8. The summed E-state index contributed by atoms with van der Waals surface area (Å²) in [6.07, 6.45) is 1.85. The monoisotopic (exact) mass is 476 g/mol. The Morgan fingerprint density at radius 1 is 0.912 bits per heavy atom. The number of rotatable bonds is 7. The lowest BCUT2D eigenvalue weighted by Crippen LogP contribution is -2.51. The molecule has 0 atom stereocenters. The molecule has 0 unspecified atom stereocenters. The topological polar surface area (TPSA) is 42.0 Å². The van der Waals surface area contributed by atoms with Crippen LogP contribution in [-0.4, -0.2) is 49.0 Å². The standard InChI is InChI=1S/C28H29ClN2O3/c1-33-25-7-2-3-8-26(25)34-24-6-4-5-21(19-24)20-30-15-17-31(18-16-30)27(32)28(13-14-28)22-9-11-23(29)12-10-22/h2-12,19H,13-18,20H2,1H3. The highest BCUT2D eigenvalue weighted by Crippen LogP contribution is 2.50. The number of para-hydroxylation sites is 2. The van der Waals surface area contributed by atoms with Crippen molar-refractivity contribution in [3.8, 4) is 17.2 Å². The van der Waals surface area contributed by atoms with Crippen LogP contribution in [0.2, 0.25) is 5.02 Å². The van der Waals surface area contributed by atoms with E-state index in [1.807, 2.05) is 65.6 Å². The van der Waals surface area contributed by atoms with Crippen molar-refractivity contribution < 1.29 is 14.3 Å². The summed E-state index contributed by atoms with van der Waals surface area (Å²) in [7, 11) is 1.64. The molecule has 176 valence electrons. The summed E-state index contributed by atoms with van der Waals surface area (Å²) >= 11 is 6.04. The highest BCUT2D eigenvalue weighted by atomic mass is 35.5. The van der Waals surface area contributed by atoms with Crippen LogP contribution in [-0.2, 0) is 16.8 Å². The number of hydrogen-bond acceptors (Lipinski definition) is 4. The third-order valence-electron chi connectivity index (χ3n) is 6.82. The quantitative estimate of drug-likeness (QED) is 0.450. The summed E-state index contributed by atoms with van der Waals surface area (Å²) in [6, 6.07) is 23.6. The van der Waals surface area contributed by atoms with Gasteiger partial charge in [0.15, 0.2) is 11.5 Å². The average molecular weight is 477 g/mol. The molecule has 5 rings (SSSR count). The van der Waals surface area contributed by atoms with Gasteiger partial charge in [-0.15, -0.1) is 0 Å². The van der Waals surface area contributed by atoms with Gasteiger partial charge < -0.3 is 14.4 Å². The molecule has 1 saturated heterocycles. The fourth-order valence-electron chi connectivity index (χ4n) is 4.73. The first-order valence-electron chi connectivity index (χ1n) is 11.7. The fraction of sp³-hybridized carbons (Fsp3) is 0.321. The number of carbonyl (C=O) groups excluding carboxylic acids is 1. The van der Waals surface area contributed by atoms with Gasteiger partial charge in [0.25, 0.3) is 0 Å². The minimum atomic E-state index is -0.336. The van der Waals surface area contributed by atoms with Crippen LogP contribution in [0.1, 0.15) is 24.0 Å². The maximum atomic E-state index is 13.4. The molecule has 34 heavy (non-hydrogen) atoms. The molecule has 3 aromatic carbocycles. The smallest absolute Gasteiger partial charge is 0.233 e. The summed E-state index contributed by atoms with van der Waals surface area (Å²) < 4.78 is 11.5. The minimum absolute atomic E-state index is 0.265. The Morgan fingerprint density at radius 3 is 2.29 bits per heavy atom. The van der Waals surface area contributed by atoms with Gasteiger partial charge in [-0.1, -0.05) is 48.0 Å². The van der Waals surface area contributed by atoms with E-state index in [4.69, 9.17) is 21.1 Å². The normalized spacial score (nSPS) is 17.3. The maximum absolute atomic E-state index is 13.4. The van der Waals surface area contributed by atoms with Gasteiger partial charge in [0.05, 0.1) is 12.5 Å². The van der Waals surface area contributed by atoms with Crippen molar-refractivity contribution >= 4 is 17.5 Å². The van der Waals surface area contributed by atoms with Crippen molar-refractivity contribution in [3.63, 3.8) is 0 Å².